The molecule has 1 aliphatic carbocycles. The lowest BCUT2D eigenvalue weighted by Crippen LogP contribution is -2.32. The molecular weight excluding hydrogens is 324 g/mol. The molecule has 1 amide bonds. The number of halogens is 1. The molecule has 0 bridgehead atoms. The Morgan fingerprint density at radius 1 is 1.33 bits per heavy atom. The first-order valence-corrected chi connectivity index (χ1v) is 8.37. The molecule has 2 aromatic carbocycles. The molecule has 5 heteroatoms. The van der Waals surface area contributed by atoms with Gasteiger partial charge in [0, 0.05) is 11.1 Å². The van der Waals surface area contributed by atoms with Crippen molar-refractivity contribution in [2.75, 3.05) is 26.0 Å². The number of amides is 1. The van der Waals surface area contributed by atoms with Crippen LogP contribution in [0.1, 0.15) is 23.6 Å². The number of nitrogens with one attached hydrogen (secondary N) is 1. The first kappa shape index (κ1) is 16.8. The molecule has 0 fully saturated rings. The summed E-state index contributed by atoms with van der Waals surface area (Å²) < 4.78 is 5.27. The summed E-state index contributed by atoms with van der Waals surface area (Å²) in [6.07, 6.45) is 2.11. The van der Waals surface area contributed by atoms with E-state index in [4.69, 9.17) is 16.3 Å². The van der Waals surface area contributed by atoms with Crippen LogP contribution in [0, 0.1) is 0 Å². The Kier molecular flexibility index (Phi) is 5.07. The fourth-order valence-corrected chi connectivity index (χ4v) is 3.47. The SMILES string of the molecule is COc1ccc(Cl)cc1NC(=O)CN(C)C1CCc2ccccc21. The summed E-state index contributed by atoms with van der Waals surface area (Å²) in [5, 5.41) is 3.45. The number of nitrogens with zero attached hydrogens (tertiary/aromatic N) is 1. The molecule has 1 unspecified atom stereocenters. The van der Waals surface area contributed by atoms with Crippen molar-refractivity contribution in [3.63, 3.8) is 0 Å². The summed E-state index contributed by atoms with van der Waals surface area (Å²) in [6.45, 7) is 0.314. The van der Waals surface area contributed by atoms with Crippen molar-refractivity contribution in [2.24, 2.45) is 0 Å². The van der Waals surface area contributed by atoms with Gasteiger partial charge in [0.25, 0.3) is 0 Å². The van der Waals surface area contributed by atoms with Gasteiger partial charge in [-0.05, 0) is 49.2 Å². The predicted molar refractivity (Wildman–Crippen MR) is 96.8 cm³/mol. The molecular formula is C19H21ClN2O2. The Labute approximate surface area is 147 Å². The van der Waals surface area contributed by atoms with E-state index in [9.17, 15) is 4.79 Å². The number of ether oxygens (including phenoxy) is 1. The maximum Gasteiger partial charge on any atom is 0.238 e. The topological polar surface area (TPSA) is 41.6 Å². The second kappa shape index (κ2) is 7.24. The van der Waals surface area contributed by atoms with Crippen LogP contribution in [0.4, 0.5) is 5.69 Å². The Hall–Kier alpha value is -2.04. The first-order chi connectivity index (χ1) is 11.6. The summed E-state index contributed by atoms with van der Waals surface area (Å²) in [5.41, 5.74) is 3.30. The van der Waals surface area contributed by atoms with Crippen LogP contribution in [-0.2, 0) is 11.2 Å². The zero-order valence-electron chi connectivity index (χ0n) is 13.9. The lowest BCUT2D eigenvalue weighted by molar-refractivity contribution is -0.117. The normalized spacial score (nSPS) is 16.1. The van der Waals surface area contributed by atoms with E-state index in [1.165, 1.54) is 11.1 Å². The Morgan fingerprint density at radius 3 is 2.92 bits per heavy atom. The molecule has 3 rings (SSSR count). The van der Waals surface area contributed by atoms with Crippen molar-refractivity contribution in [3.8, 4) is 5.75 Å². The summed E-state index contributed by atoms with van der Waals surface area (Å²) in [6, 6.07) is 13.9. The van der Waals surface area contributed by atoms with Crippen molar-refractivity contribution in [1.29, 1.82) is 0 Å². The maximum absolute atomic E-state index is 12.4. The number of hydrogen-bond donors (Lipinski definition) is 1. The van der Waals surface area contributed by atoms with E-state index in [-0.39, 0.29) is 11.9 Å². The van der Waals surface area contributed by atoms with Gasteiger partial charge in [-0.2, -0.15) is 0 Å². The van der Waals surface area contributed by atoms with Gasteiger partial charge >= 0.3 is 0 Å². The summed E-state index contributed by atoms with van der Waals surface area (Å²) in [4.78, 5) is 14.5. The minimum Gasteiger partial charge on any atom is -0.495 e. The third-order valence-corrected chi connectivity index (χ3v) is 4.70. The number of methoxy groups -OCH3 is 1. The van der Waals surface area contributed by atoms with Crippen LogP contribution in [0.15, 0.2) is 42.5 Å². The van der Waals surface area contributed by atoms with Gasteiger partial charge in [-0.15, -0.1) is 0 Å². The van der Waals surface area contributed by atoms with Crippen LogP contribution in [0.3, 0.4) is 0 Å². The monoisotopic (exact) mass is 344 g/mol. The number of aryl methyl sites for hydroxylation is 1. The number of benzene rings is 2. The van der Waals surface area contributed by atoms with E-state index in [1.807, 2.05) is 7.05 Å². The second-order valence-corrected chi connectivity index (χ2v) is 6.50. The molecule has 0 aliphatic heterocycles. The minimum atomic E-state index is -0.0811. The van der Waals surface area contributed by atoms with Crippen molar-refractivity contribution >= 4 is 23.2 Å². The molecule has 0 saturated carbocycles. The predicted octanol–water partition coefficient (Wildman–Crippen LogP) is 3.91. The summed E-state index contributed by atoms with van der Waals surface area (Å²) >= 11 is 6.01. The van der Waals surface area contributed by atoms with Crippen LogP contribution >= 0.6 is 11.6 Å². The number of likely N-dealkylation sites (N-methyl/N-ethyl adjacent to an activating group) is 1. The third-order valence-electron chi connectivity index (χ3n) is 4.46. The first-order valence-electron chi connectivity index (χ1n) is 8.00. The van der Waals surface area contributed by atoms with Crippen LogP contribution < -0.4 is 10.1 Å². The van der Waals surface area contributed by atoms with Gasteiger partial charge in [0.15, 0.2) is 0 Å². The summed E-state index contributed by atoms with van der Waals surface area (Å²) in [5.74, 6) is 0.518. The molecule has 2 aromatic rings. The fraction of sp³-hybridized carbons (Fsp3) is 0.316. The van der Waals surface area contributed by atoms with E-state index in [1.54, 1.807) is 25.3 Å². The molecule has 4 nitrogen and oxygen atoms in total. The fourth-order valence-electron chi connectivity index (χ4n) is 3.30. The number of fused-ring (bicyclic) bond motifs is 1. The van der Waals surface area contributed by atoms with Crippen molar-refractivity contribution < 1.29 is 9.53 Å². The largest absolute Gasteiger partial charge is 0.495 e. The lowest BCUT2D eigenvalue weighted by Gasteiger charge is -2.24. The molecule has 1 aliphatic rings. The average Bonchev–Trinajstić information content (AvgIpc) is 2.99. The van der Waals surface area contributed by atoms with Crippen LogP contribution in [0.25, 0.3) is 0 Å². The highest BCUT2D eigenvalue weighted by Gasteiger charge is 2.26. The number of rotatable bonds is 5. The Bertz CT molecular complexity index is 748. The van der Waals surface area contributed by atoms with Crippen LogP contribution in [0.2, 0.25) is 5.02 Å². The van der Waals surface area contributed by atoms with Gasteiger partial charge in [-0.3, -0.25) is 9.69 Å². The van der Waals surface area contributed by atoms with E-state index >= 15 is 0 Å². The van der Waals surface area contributed by atoms with Crippen molar-refractivity contribution in [2.45, 2.75) is 18.9 Å². The second-order valence-electron chi connectivity index (χ2n) is 6.06. The van der Waals surface area contributed by atoms with E-state index in [0.717, 1.165) is 12.8 Å². The van der Waals surface area contributed by atoms with Gasteiger partial charge in [0.2, 0.25) is 5.91 Å². The van der Waals surface area contributed by atoms with Crippen molar-refractivity contribution in [1.82, 2.24) is 4.90 Å². The van der Waals surface area contributed by atoms with Gasteiger partial charge < -0.3 is 10.1 Å². The smallest absolute Gasteiger partial charge is 0.238 e. The van der Waals surface area contributed by atoms with Crippen LogP contribution in [0.5, 0.6) is 5.75 Å². The van der Waals surface area contributed by atoms with Gasteiger partial charge in [-0.25, -0.2) is 0 Å². The van der Waals surface area contributed by atoms with E-state index < -0.39 is 0 Å². The van der Waals surface area contributed by atoms with Gasteiger partial charge in [-0.1, -0.05) is 35.9 Å². The highest BCUT2D eigenvalue weighted by atomic mass is 35.5. The third kappa shape index (κ3) is 3.55. The molecule has 0 aromatic heterocycles. The number of anilines is 1. The number of carbonyl (C=O) groups is 1. The Balaban J connectivity index is 1.66. The molecule has 126 valence electrons. The van der Waals surface area contributed by atoms with Gasteiger partial charge in [0.1, 0.15) is 5.75 Å². The highest BCUT2D eigenvalue weighted by molar-refractivity contribution is 6.31. The highest BCUT2D eigenvalue weighted by Crippen LogP contribution is 2.34. The molecule has 0 radical (unpaired) electrons. The van der Waals surface area contributed by atoms with E-state index in [2.05, 4.69) is 34.5 Å². The molecule has 24 heavy (non-hydrogen) atoms. The summed E-state index contributed by atoms with van der Waals surface area (Å²) in [7, 11) is 3.56. The minimum absolute atomic E-state index is 0.0811. The number of hydrogen-bond acceptors (Lipinski definition) is 3. The number of carbonyl (C=O) groups excluding carboxylic acids is 1. The lowest BCUT2D eigenvalue weighted by atomic mass is 10.1. The average molecular weight is 345 g/mol. The quantitative estimate of drug-likeness (QED) is 0.894. The molecule has 0 spiro atoms. The van der Waals surface area contributed by atoms with E-state index in [0.29, 0.717) is 23.0 Å². The maximum atomic E-state index is 12.4. The molecule has 1 atom stereocenters. The molecule has 0 heterocycles. The standard InChI is InChI=1S/C19H21ClN2O2/c1-22(17-9-7-13-5-3-4-6-15(13)17)12-19(23)21-16-11-14(20)8-10-18(16)24-2/h3-6,8,10-11,17H,7,9,12H2,1-2H3,(H,21,23). The van der Waals surface area contributed by atoms with Crippen LogP contribution in [-0.4, -0.2) is 31.5 Å². The zero-order chi connectivity index (χ0) is 17.1. The zero-order valence-corrected chi connectivity index (χ0v) is 14.6. The van der Waals surface area contributed by atoms with Crippen molar-refractivity contribution in [3.05, 3.63) is 58.6 Å². The van der Waals surface area contributed by atoms with Gasteiger partial charge in [0.05, 0.1) is 19.3 Å². The Morgan fingerprint density at radius 2 is 2.12 bits per heavy atom. The molecule has 1 N–H and O–H groups in total. The molecule has 0 saturated heterocycles.